The average Bonchev–Trinajstić information content (AvgIpc) is 3.38. The van der Waals surface area contributed by atoms with Crippen molar-refractivity contribution in [3.8, 4) is 0 Å². The van der Waals surface area contributed by atoms with E-state index in [4.69, 9.17) is 0 Å². The Morgan fingerprint density at radius 1 is 1.30 bits per heavy atom. The second-order valence-electron chi connectivity index (χ2n) is 6.43. The van der Waals surface area contributed by atoms with Crippen molar-refractivity contribution in [2.75, 3.05) is 26.7 Å². The molecule has 3 rings (SSSR count). The van der Waals surface area contributed by atoms with E-state index in [0.717, 1.165) is 31.2 Å². The Hall–Kier alpha value is -1.17. The van der Waals surface area contributed by atoms with Crippen LogP contribution in [0.15, 0.2) is 18.3 Å². The Balaban J connectivity index is 0.00000192. The zero-order valence-corrected chi connectivity index (χ0v) is 14.5. The fraction of sp³-hybridized carbons (Fsp3) is 0.647. The first-order valence-electron chi connectivity index (χ1n) is 8.23. The fourth-order valence-corrected chi connectivity index (χ4v) is 2.94. The minimum absolute atomic E-state index is 0. The van der Waals surface area contributed by atoms with E-state index in [1.807, 2.05) is 6.07 Å². The quantitative estimate of drug-likeness (QED) is 0.806. The number of esters is 1. The molecule has 0 bridgehead atoms. The van der Waals surface area contributed by atoms with E-state index in [0.29, 0.717) is 11.6 Å². The molecule has 1 N–H and O–H groups in total. The van der Waals surface area contributed by atoms with Crippen molar-refractivity contribution in [2.45, 2.75) is 38.3 Å². The summed E-state index contributed by atoms with van der Waals surface area (Å²) in [6, 6.07) is 4.40. The number of nitrogens with zero attached hydrogens (tertiary/aromatic N) is 2. The summed E-state index contributed by atoms with van der Waals surface area (Å²) in [5.41, 5.74) is 1.52. The minimum Gasteiger partial charge on any atom is -0.465 e. The summed E-state index contributed by atoms with van der Waals surface area (Å²) in [6.07, 6.45) is 6.86. The number of halogens is 1. The number of pyridine rings is 1. The van der Waals surface area contributed by atoms with Crippen LogP contribution in [0.1, 0.15) is 41.7 Å². The number of nitrogens with one attached hydrogen (secondary N) is 1. The van der Waals surface area contributed by atoms with Gasteiger partial charge in [-0.1, -0.05) is 0 Å². The minimum atomic E-state index is -0.332. The van der Waals surface area contributed by atoms with Crippen LogP contribution in [0, 0.1) is 5.92 Å². The molecule has 1 aromatic heterocycles. The summed E-state index contributed by atoms with van der Waals surface area (Å²) in [6.45, 7) is 4.30. The molecule has 128 valence electrons. The molecule has 0 radical (unpaired) electrons. The van der Waals surface area contributed by atoms with Crippen LogP contribution in [0.5, 0.6) is 0 Å². The van der Waals surface area contributed by atoms with E-state index in [2.05, 4.69) is 19.9 Å². The average molecular weight is 340 g/mol. The van der Waals surface area contributed by atoms with Crippen LogP contribution >= 0.6 is 12.4 Å². The SMILES string of the molecule is COC(=O)c1ccc(CN2CCC(NCC3CC3)CC2)nc1.Cl. The van der Waals surface area contributed by atoms with Crippen molar-refractivity contribution < 1.29 is 9.53 Å². The Labute approximate surface area is 144 Å². The molecule has 1 aliphatic carbocycles. The van der Waals surface area contributed by atoms with Crippen LogP contribution in [-0.2, 0) is 11.3 Å². The molecule has 0 aromatic carbocycles. The number of likely N-dealkylation sites (tertiary alicyclic amines) is 1. The molecular weight excluding hydrogens is 314 g/mol. The summed E-state index contributed by atoms with van der Waals surface area (Å²) in [7, 11) is 1.39. The van der Waals surface area contributed by atoms with Gasteiger partial charge in [-0.2, -0.15) is 0 Å². The van der Waals surface area contributed by atoms with Crippen LogP contribution in [0.4, 0.5) is 0 Å². The lowest BCUT2D eigenvalue weighted by Crippen LogP contribution is -2.42. The highest BCUT2D eigenvalue weighted by molar-refractivity contribution is 5.88. The highest BCUT2D eigenvalue weighted by Gasteiger charge is 2.24. The van der Waals surface area contributed by atoms with Crippen LogP contribution in [-0.4, -0.2) is 48.6 Å². The third kappa shape index (κ3) is 5.44. The van der Waals surface area contributed by atoms with Crippen molar-refractivity contribution >= 4 is 18.4 Å². The van der Waals surface area contributed by atoms with E-state index in [-0.39, 0.29) is 18.4 Å². The molecule has 1 aliphatic heterocycles. The van der Waals surface area contributed by atoms with Gasteiger partial charge >= 0.3 is 5.97 Å². The van der Waals surface area contributed by atoms with Crippen LogP contribution < -0.4 is 5.32 Å². The second kappa shape index (κ2) is 8.62. The number of rotatable bonds is 6. The molecule has 5 nitrogen and oxygen atoms in total. The Morgan fingerprint density at radius 2 is 2.04 bits per heavy atom. The van der Waals surface area contributed by atoms with Gasteiger partial charge in [0.15, 0.2) is 0 Å². The van der Waals surface area contributed by atoms with E-state index in [1.54, 1.807) is 12.3 Å². The van der Waals surface area contributed by atoms with E-state index < -0.39 is 0 Å². The van der Waals surface area contributed by atoms with Gasteiger partial charge in [0.25, 0.3) is 0 Å². The lowest BCUT2D eigenvalue weighted by atomic mass is 10.0. The molecule has 0 spiro atoms. The van der Waals surface area contributed by atoms with Crippen LogP contribution in [0.25, 0.3) is 0 Å². The first-order valence-corrected chi connectivity index (χ1v) is 8.23. The zero-order valence-electron chi connectivity index (χ0n) is 13.7. The topological polar surface area (TPSA) is 54.5 Å². The van der Waals surface area contributed by atoms with Crippen molar-refractivity contribution in [1.82, 2.24) is 15.2 Å². The standard InChI is InChI=1S/C17H25N3O2.ClH/c1-22-17(21)14-4-5-16(19-11-14)12-20-8-6-15(7-9-20)18-10-13-2-3-13;/h4-5,11,13,15,18H,2-3,6-10,12H2,1H3;1H. The molecule has 2 aliphatic rings. The Morgan fingerprint density at radius 3 is 2.61 bits per heavy atom. The van der Waals surface area contributed by atoms with Crippen molar-refractivity contribution in [3.05, 3.63) is 29.6 Å². The number of methoxy groups -OCH3 is 1. The summed E-state index contributed by atoms with van der Waals surface area (Å²) < 4.78 is 4.69. The fourth-order valence-electron chi connectivity index (χ4n) is 2.94. The molecular formula is C17H26ClN3O2. The summed E-state index contributed by atoms with van der Waals surface area (Å²) in [5.74, 6) is 0.622. The van der Waals surface area contributed by atoms with Crippen LogP contribution in [0.2, 0.25) is 0 Å². The van der Waals surface area contributed by atoms with Gasteiger partial charge in [0, 0.05) is 31.9 Å². The molecule has 1 saturated heterocycles. The molecule has 2 fully saturated rings. The molecule has 1 saturated carbocycles. The summed E-state index contributed by atoms with van der Waals surface area (Å²) in [4.78, 5) is 18.2. The highest BCUT2D eigenvalue weighted by Crippen LogP contribution is 2.28. The lowest BCUT2D eigenvalue weighted by molar-refractivity contribution is 0.0600. The predicted octanol–water partition coefficient (Wildman–Crippen LogP) is 2.25. The maximum Gasteiger partial charge on any atom is 0.339 e. The third-order valence-corrected chi connectivity index (χ3v) is 4.61. The lowest BCUT2D eigenvalue weighted by Gasteiger charge is -2.32. The van der Waals surface area contributed by atoms with Gasteiger partial charge in [-0.25, -0.2) is 4.79 Å². The first kappa shape index (κ1) is 18.2. The zero-order chi connectivity index (χ0) is 15.4. The normalized spacial score (nSPS) is 19.2. The first-order chi connectivity index (χ1) is 10.7. The molecule has 0 atom stereocenters. The van der Waals surface area contributed by atoms with Gasteiger partial charge in [0.2, 0.25) is 0 Å². The molecule has 0 unspecified atom stereocenters. The largest absolute Gasteiger partial charge is 0.465 e. The number of carbonyl (C=O) groups excluding carboxylic acids is 1. The number of carbonyl (C=O) groups is 1. The Kier molecular flexibility index (Phi) is 6.81. The van der Waals surface area contributed by atoms with Gasteiger partial charge in [0.1, 0.15) is 0 Å². The third-order valence-electron chi connectivity index (χ3n) is 4.61. The van der Waals surface area contributed by atoms with Gasteiger partial charge in [-0.05, 0) is 50.3 Å². The van der Waals surface area contributed by atoms with Gasteiger partial charge in [-0.15, -0.1) is 12.4 Å². The number of hydrogen-bond acceptors (Lipinski definition) is 5. The maximum absolute atomic E-state index is 11.4. The number of ether oxygens (including phenoxy) is 1. The van der Waals surface area contributed by atoms with Gasteiger partial charge in [-0.3, -0.25) is 9.88 Å². The summed E-state index contributed by atoms with van der Waals surface area (Å²) >= 11 is 0. The number of piperidine rings is 1. The predicted molar refractivity (Wildman–Crippen MR) is 91.9 cm³/mol. The Bertz CT molecular complexity index is 497. The smallest absolute Gasteiger partial charge is 0.339 e. The molecule has 23 heavy (non-hydrogen) atoms. The monoisotopic (exact) mass is 339 g/mol. The summed E-state index contributed by atoms with van der Waals surface area (Å²) in [5, 5.41) is 3.70. The number of aromatic nitrogens is 1. The van der Waals surface area contributed by atoms with Crippen molar-refractivity contribution in [3.63, 3.8) is 0 Å². The van der Waals surface area contributed by atoms with E-state index >= 15 is 0 Å². The van der Waals surface area contributed by atoms with E-state index in [1.165, 1.54) is 39.3 Å². The van der Waals surface area contributed by atoms with Gasteiger partial charge < -0.3 is 10.1 Å². The molecule has 0 amide bonds. The number of hydrogen-bond donors (Lipinski definition) is 1. The van der Waals surface area contributed by atoms with E-state index in [9.17, 15) is 4.79 Å². The van der Waals surface area contributed by atoms with Crippen molar-refractivity contribution in [2.24, 2.45) is 5.92 Å². The molecule has 6 heteroatoms. The highest BCUT2D eigenvalue weighted by atomic mass is 35.5. The molecule has 2 heterocycles. The maximum atomic E-state index is 11.4. The van der Waals surface area contributed by atoms with Crippen LogP contribution in [0.3, 0.4) is 0 Å². The molecule has 1 aromatic rings. The second-order valence-corrected chi connectivity index (χ2v) is 6.43. The van der Waals surface area contributed by atoms with Gasteiger partial charge in [0.05, 0.1) is 18.4 Å². The van der Waals surface area contributed by atoms with Crippen molar-refractivity contribution in [1.29, 1.82) is 0 Å².